The van der Waals surface area contributed by atoms with Gasteiger partial charge in [-0.2, -0.15) is 0 Å². The molecule has 2 aliphatic rings. The van der Waals surface area contributed by atoms with Gasteiger partial charge in [0.05, 0.1) is 23.0 Å². The van der Waals surface area contributed by atoms with Crippen LogP contribution < -0.4 is 11.1 Å². The van der Waals surface area contributed by atoms with Gasteiger partial charge in [-0.3, -0.25) is 19.3 Å². The van der Waals surface area contributed by atoms with E-state index in [4.69, 9.17) is 5.73 Å². The highest BCUT2D eigenvalue weighted by atomic mass is 35.5. The summed E-state index contributed by atoms with van der Waals surface area (Å²) in [7, 11) is 0. The summed E-state index contributed by atoms with van der Waals surface area (Å²) in [4.78, 5) is 43.3. The SMILES string of the molecule is Cl.Nc1ccc(NC(=O)c2ccc3c(c2)C(=O)N(C2CCCCC2)C3=O)cn1. The van der Waals surface area contributed by atoms with Crippen molar-refractivity contribution in [2.45, 2.75) is 38.1 Å². The molecule has 1 aliphatic carbocycles. The first kappa shape index (κ1) is 19.8. The molecule has 0 saturated heterocycles. The van der Waals surface area contributed by atoms with E-state index in [0.29, 0.717) is 28.2 Å². The number of halogens is 1. The van der Waals surface area contributed by atoms with Crippen molar-refractivity contribution < 1.29 is 14.4 Å². The zero-order valence-electron chi connectivity index (χ0n) is 15.2. The zero-order chi connectivity index (χ0) is 19.0. The van der Waals surface area contributed by atoms with E-state index >= 15 is 0 Å². The summed E-state index contributed by atoms with van der Waals surface area (Å²) in [6.45, 7) is 0. The van der Waals surface area contributed by atoms with Crippen LogP contribution in [-0.4, -0.2) is 33.6 Å². The molecule has 8 heteroatoms. The molecule has 7 nitrogen and oxygen atoms in total. The number of benzene rings is 1. The predicted molar refractivity (Wildman–Crippen MR) is 108 cm³/mol. The fraction of sp³-hybridized carbons (Fsp3) is 0.300. The Bertz CT molecular complexity index is 924. The molecule has 0 atom stereocenters. The minimum Gasteiger partial charge on any atom is -0.384 e. The van der Waals surface area contributed by atoms with Crippen molar-refractivity contribution in [2.75, 3.05) is 11.1 Å². The summed E-state index contributed by atoms with van der Waals surface area (Å²) in [6.07, 6.45) is 6.36. The number of hydrogen-bond acceptors (Lipinski definition) is 5. The van der Waals surface area contributed by atoms with Gasteiger partial charge in [0.15, 0.2) is 0 Å². The number of carbonyl (C=O) groups excluding carboxylic acids is 3. The highest BCUT2D eigenvalue weighted by Gasteiger charge is 2.40. The Kier molecular flexibility index (Phi) is 5.65. The second kappa shape index (κ2) is 7.98. The average molecular weight is 401 g/mol. The van der Waals surface area contributed by atoms with Gasteiger partial charge in [-0.15, -0.1) is 12.4 Å². The Hall–Kier alpha value is -2.93. The van der Waals surface area contributed by atoms with Crippen molar-refractivity contribution in [1.82, 2.24) is 9.88 Å². The number of rotatable bonds is 3. The van der Waals surface area contributed by atoms with Gasteiger partial charge in [0.1, 0.15) is 5.82 Å². The van der Waals surface area contributed by atoms with Crippen LogP contribution in [0.1, 0.15) is 63.2 Å². The van der Waals surface area contributed by atoms with Crippen LogP contribution in [0.2, 0.25) is 0 Å². The van der Waals surface area contributed by atoms with Crippen molar-refractivity contribution in [3.63, 3.8) is 0 Å². The first-order valence-corrected chi connectivity index (χ1v) is 9.09. The molecule has 2 heterocycles. The van der Waals surface area contributed by atoms with Crippen molar-refractivity contribution >= 4 is 41.6 Å². The summed E-state index contributed by atoms with van der Waals surface area (Å²) >= 11 is 0. The van der Waals surface area contributed by atoms with Crippen molar-refractivity contribution in [2.24, 2.45) is 0 Å². The summed E-state index contributed by atoms with van der Waals surface area (Å²) in [6, 6.07) is 7.82. The fourth-order valence-electron chi connectivity index (χ4n) is 3.75. The Morgan fingerprint density at radius 1 is 1.04 bits per heavy atom. The molecule has 0 unspecified atom stereocenters. The molecule has 0 radical (unpaired) electrons. The number of nitrogens with zero attached hydrogens (tertiary/aromatic N) is 2. The Balaban J connectivity index is 0.00000225. The lowest BCUT2D eigenvalue weighted by atomic mass is 9.94. The quantitative estimate of drug-likeness (QED) is 0.769. The second-order valence-electron chi connectivity index (χ2n) is 6.96. The summed E-state index contributed by atoms with van der Waals surface area (Å²) in [5, 5.41) is 2.71. The topological polar surface area (TPSA) is 105 Å². The third-order valence-corrected chi connectivity index (χ3v) is 5.16. The number of aromatic nitrogens is 1. The molecule has 2 aromatic rings. The van der Waals surface area contributed by atoms with Crippen LogP contribution in [0.25, 0.3) is 0 Å². The summed E-state index contributed by atoms with van der Waals surface area (Å²) in [5.41, 5.74) is 7.02. The molecule has 3 amide bonds. The third kappa shape index (κ3) is 3.57. The molecule has 146 valence electrons. The van der Waals surface area contributed by atoms with Crippen LogP contribution in [-0.2, 0) is 0 Å². The third-order valence-electron chi connectivity index (χ3n) is 5.16. The number of nitrogen functional groups attached to an aromatic ring is 1. The normalized spacial score (nSPS) is 16.5. The molecular weight excluding hydrogens is 380 g/mol. The molecule has 1 aromatic heterocycles. The van der Waals surface area contributed by atoms with Crippen LogP contribution >= 0.6 is 12.4 Å². The van der Waals surface area contributed by atoms with E-state index in [-0.39, 0.29) is 36.2 Å². The van der Waals surface area contributed by atoms with E-state index in [0.717, 1.165) is 32.1 Å². The van der Waals surface area contributed by atoms with Gasteiger partial charge in [0, 0.05) is 11.6 Å². The maximum Gasteiger partial charge on any atom is 0.261 e. The Morgan fingerprint density at radius 2 is 1.75 bits per heavy atom. The van der Waals surface area contributed by atoms with E-state index in [2.05, 4.69) is 10.3 Å². The standard InChI is InChI=1S/C20H20N4O3.ClH/c21-17-9-7-13(11-22-17)23-18(25)12-6-8-15-16(10-12)20(27)24(19(15)26)14-4-2-1-3-5-14;/h6-11,14H,1-5H2,(H2,21,22)(H,23,25);1H. The number of pyridine rings is 1. The molecule has 1 fully saturated rings. The average Bonchev–Trinajstić information content (AvgIpc) is 2.94. The Morgan fingerprint density at radius 3 is 2.43 bits per heavy atom. The van der Waals surface area contributed by atoms with Gasteiger partial charge in [0.2, 0.25) is 0 Å². The maximum atomic E-state index is 12.8. The number of fused-ring (bicyclic) bond motifs is 1. The lowest BCUT2D eigenvalue weighted by Gasteiger charge is -2.29. The minimum absolute atomic E-state index is 0. The summed E-state index contributed by atoms with van der Waals surface area (Å²) < 4.78 is 0. The number of carbonyl (C=O) groups is 3. The van der Waals surface area contributed by atoms with E-state index in [1.807, 2.05) is 0 Å². The molecule has 28 heavy (non-hydrogen) atoms. The molecule has 0 spiro atoms. The van der Waals surface area contributed by atoms with Crippen molar-refractivity contribution in [3.8, 4) is 0 Å². The number of amides is 3. The number of hydrogen-bond donors (Lipinski definition) is 2. The zero-order valence-corrected chi connectivity index (χ0v) is 16.0. The van der Waals surface area contributed by atoms with Gasteiger partial charge < -0.3 is 11.1 Å². The predicted octanol–water partition coefficient (Wildman–Crippen LogP) is 3.27. The van der Waals surface area contributed by atoms with Gasteiger partial charge in [0.25, 0.3) is 17.7 Å². The van der Waals surface area contributed by atoms with Crippen LogP contribution in [0.3, 0.4) is 0 Å². The lowest BCUT2D eigenvalue weighted by molar-refractivity contribution is 0.0549. The molecule has 1 aromatic carbocycles. The molecular formula is C20H21ClN4O3. The van der Waals surface area contributed by atoms with Crippen LogP contribution in [0.4, 0.5) is 11.5 Å². The number of nitrogens with one attached hydrogen (secondary N) is 1. The Labute approximate surface area is 168 Å². The number of anilines is 2. The highest BCUT2D eigenvalue weighted by molar-refractivity contribution is 6.22. The summed E-state index contributed by atoms with van der Waals surface area (Å²) in [5.74, 6) is -0.569. The van der Waals surface area contributed by atoms with Crippen LogP contribution in [0.15, 0.2) is 36.5 Å². The molecule has 1 aliphatic heterocycles. The monoisotopic (exact) mass is 400 g/mol. The molecule has 4 rings (SSSR count). The fourth-order valence-corrected chi connectivity index (χ4v) is 3.75. The maximum absolute atomic E-state index is 12.8. The van der Waals surface area contributed by atoms with E-state index in [9.17, 15) is 14.4 Å². The van der Waals surface area contributed by atoms with Gasteiger partial charge in [-0.05, 0) is 43.2 Å². The van der Waals surface area contributed by atoms with Gasteiger partial charge in [-0.1, -0.05) is 19.3 Å². The highest BCUT2D eigenvalue weighted by Crippen LogP contribution is 2.31. The van der Waals surface area contributed by atoms with Gasteiger partial charge in [-0.25, -0.2) is 4.98 Å². The molecule has 3 N–H and O–H groups in total. The van der Waals surface area contributed by atoms with Gasteiger partial charge >= 0.3 is 0 Å². The smallest absolute Gasteiger partial charge is 0.261 e. The second-order valence-corrected chi connectivity index (χ2v) is 6.96. The minimum atomic E-state index is -0.374. The number of nitrogens with two attached hydrogens (primary N) is 1. The van der Waals surface area contributed by atoms with E-state index in [1.54, 1.807) is 24.3 Å². The van der Waals surface area contributed by atoms with Crippen molar-refractivity contribution in [3.05, 3.63) is 53.2 Å². The molecule has 0 bridgehead atoms. The van der Waals surface area contributed by atoms with Crippen LogP contribution in [0, 0.1) is 0 Å². The largest absolute Gasteiger partial charge is 0.384 e. The first-order chi connectivity index (χ1) is 13.0. The lowest BCUT2D eigenvalue weighted by Crippen LogP contribution is -2.40. The number of imide groups is 1. The van der Waals surface area contributed by atoms with Crippen molar-refractivity contribution in [1.29, 1.82) is 0 Å². The van der Waals surface area contributed by atoms with E-state index < -0.39 is 0 Å². The first-order valence-electron chi connectivity index (χ1n) is 9.09. The van der Waals surface area contributed by atoms with E-state index in [1.165, 1.54) is 17.2 Å². The molecule has 1 saturated carbocycles. The van der Waals surface area contributed by atoms with Crippen LogP contribution in [0.5, 0.6) is 0 Å².